The third-order valence-corrected chi connectivity index (χ3v) is 2.55. The third kappa shape index (κ3) is 3.80. The molecular formula is C12H17FN2O2. The molecular weight excluding hydrogens is 223 g/mol. The number of ether oxygens (including phenoxy) is 1. The standard InChI is InChI=1S/C12H17FN2O2/c1-15(11(7-14)12(16)17-2)8-9-4-3-5-10(13)6-9/h3-6,11H,7-8,14H2,1-2H3. The third-order valence-electron chi connectivity index (χ3n) is 2.55. The summed E-state index contributed by atoms with van der Waals surface area (Å²) in [7, 11) is 3.07. The average molecular weight is 240 g/mol. The first-order valence-electron chi connectivity index (χ1n) is 5.31. The van der Waals surface area contributed by atoms with Crippen LogP contribution < -0.4 is 5.73 Å². The number of likely N-dealkylation sites (N-methyl/N-ethyl adjacent to an activating group) is 1. The van der Waals surface area contributed by atoms with Crippen molar-refractivity contribution in [3.8, 4) is 0 Å². The molecule has 0 spiro atoms. The highest BCUT2D eigenvalue weighted by molar-refractivity contribution is 5.75. The lowest BCUT2D eigenvalue weighted by molar-refractivity contribution is -0.146. The van der Waals surface area contributed by atoms with E-state index in [2.05, 4.69) is 4.74 Å². The normalized spacial score (nSPS) is 12.5. The van der Waals surface area contributed by atoms with Crippen molar-refractivity contribution in [2.45, 2.75) is 12.6 Å². The molecule has 1 atom stereocenters. The van der Waals surface area contributed by atoms with Crippen LogP contribution in [-0.4, -0.2) is 37.6 Å². The van der Waals surface area contributed by atoms with Gasteiger partial charge in [0.2, 0.25) is 0 Å². The van der Waals surface area contributed by atoms with Crippen LogP contribution in [0.15, 0.2) is 24.3 Å². The summed E-state index contributed by atoms with van der Waals surface area (Å²) in [6.07, 6.45) is 0. The predicted molar refractivity (Wildman–Crippen MR) is 62.7 cm³/mol. The summed E-state index contributed by atoms with van der Waals surface area (Å²) in [6, 6.07) is 5.73. The molecule has 0 fully saturated rings. The monoisotopic (exact) mass is 240 g/mol. The smallest absolute Gasteiger partial charge is 0.324 e. The van der Waals surface area contributed by atoms with Gasteiger partial charge in [-0.1, -0.05) is 12.1 Å². The van der Waals surface area contributed by atoms with Crippen LogP contribution >= 0.6 is 0 Å². The number of hydrogen-bond acceptors (Lipinski definition) is 4. The van der Waals surface area contributed by atoms with E-state index in [0.717, 1.165) is 5.56 Å². The number of rotatable bonds is 5. The molecule has 4 nitrogen and oxygen atoms in total. The summed E-state index contributed by atoms with van der Waals surface area (Å²) in [5.74, 6) is -0.676. The molecule has 1 rings (SSSR count). The fourth-order valence-corrected chi connectivity index (χ4v) is 1.63. The Balaban J connectivity index is 2.70. The van der Waals surface area contributed by atoms with E-state index in [1.165, 1.54) is 19.2 Å². The van der Waals surface area contributed by atoms with Crippen LogP contribution in [0, 0.1) is 5.82 Å². The van der Waals surface area contributed by atoms with Crippen molar-refractivity contribution in [2.75, 3.05) is 20.7 Å². The maximum Gasteiger partial charge on any atom is 0.324 e. The van der Waals surface area contributed by atoms with Crippen molar-refractivity contribution >= 4 is 5.97 Å². The van der Waals surface area contributed by atoms with Crippen LogP contribution in [0.1, 0.15) is 5.56 Å². The molecule has 0 aliphatic carbocycles. The topological polar surface area (TPSA) is 55.6 Å². The molecule has 17 heavy (non-hydrogen) atoms. The minimum absolute atomic E-state index is 0.165. The first-order chi connectivity index (χ1) is 8.08. The molecule has 1 aromatic rings. The fraction of sp³-hybridized carbons (Fsp3) is 0.417. The first-order valence-corrected chi connectivity index (χ1v) is 5.31. The highest BCUT2D eigenvalue weighted by atomic mass is 19.1. The van der Waals surface area contributed by atoms with Crippen LogP contribution in [0.5, 0.6) is 0 Å². The van der Waals surface area contributed by atoms with Gasteiger partial charge < -0.3 is 10.5 Å². The van der Waals surface area contributed by atoms with Crippen LogP contribution in [0.4, 0.5) is 4.39 Å². The lowest BCUT2D eigenvalue weighted by Gasteiger charge is -2.24. The molecule has 0 heterocycles. The summed E-state index contributed by atoms with van der Waals surface area (Å²) in [5.41, 5.74) is 6.30. The van der Waals surface area contributed by atoms with E-state index in [4.69, 9.17) is 5.73 Å². The van der Waals surface area contributed by atoms with Crippen LogP contribution in [0.25, 0.3) is 0 Å². The molecule has 0 bridgehead atoms. The van der Waals surface area contributed by atoms with Crippen LogP contribution in [-0.2, 0) is 16.1 Å². The lowest BCUT2D eigenvalue weighted by Crippen LogP contribution is -2.44. The molecule has 1 unspecified atom stereocenters. The molecule has 0 saturated carbocycles. The second-order valence-corrected chi connectivity index (χ2v) is 3.82. The van der Waals surface area contributed by atoms with Crippen LogP contribution in [0.2, 0.25) is 0 Å². The van der Waals surface area contributed by atoms with Gasteiger partial charge >= 0.3 is 5.97 Å². The fourth-order valence-electron chi connectivity index (χ4n) is 1.63. The van der Waals surface area contributed by atoms with E-state index in [9.17, 15) is 9.18 Å². The number of halogens is 1. The Hall–Kier alpha value is -1.46. The van der Waals surface area contributed by atoms with E-state index >= 15 is 0 Å². The second kappa shape index (κ2) is 6.32. The predicted octanol–water partition coefficient (Wildman–Crippen LogP) is 0.758. The quantitative estimate of drug-likeness (QED) is 0.772. The van der Waals surface area contributed by atoms with Crippen molar-refractivity contribution in [2.24, 2.45) is 5.73 Å². The maximum atomic E-state index is 13.0. The van der Waals surface area contributed by atoms with Crippen LogP contribution in [0.3, 0.4) is 0 Å². The SMILES string of the molecule is COC(=O)C(CN)N(C)Cc1cccc(F)c1. The molecule has 0 aliphatic rings. The van der Waals surface area contributed by atoms with Crippen molar-refractivity contribution in [3.05, 3.63) is 35.6 Å². The number of esters is 1. The Kier molecular flexibility index (Phi) is 5.06. The molecule has 0 saturated heterocycles. The molecule has 0 radical (unpaired) electrons. The van der Waals surface area contributed by atoms with Crippen molar-refractivity contribution in [1.82, 2.24) is 4.90 Å². The summed E-state index contributed by atoms with van der Waals surface area (Å²) >= 11 is 0. The van der Waals surface area contributed by atoms with Gasteiger partial charge in [-0.05, 0) is 24.7 Å². The molecule has 5 heteroatoms. The van der Waals surface area contributed by atoms with E-state index in [1.54, 1.807) is 24.1 Å². The molecule has 0 amide bonds. The zero-order valence-electron chi connectivity index (χ0n) is 10.0. The summed E-state index contributed by atoms with van der Waals surface area (Å²) in [5, 5.41) is 0. The first kappa shape index (κ1) is 13.6. The Bertz CT molecular complexity index is 385. The molecule has 0 aromatic heterocycles. The minimum atomic E-state index is -0.511. The van der Waals surface area contributed by atoms with E-state index in [1.807, 2.05) is 0 Å². The van der Waals surface area contributed by atoms with Gasteiger partial charge in [0.1, 0.15) is 11.9 Å². The molecule has 94 valence electrons. The molecule has 2 N–H and O–H groups in total. The summed E-state index contributed by atoms with van der Waals surface area (Å²) < 4.78 is 17.6. The summed E-state index contributed by atoms with van der Waals surface area (Å²) in [4.78, 5) is 13.2. The summed E-state index contributed by atoms with van der Waals surface area (Å²) in [6.45, 7) is 0.604. The van der Waals surface area contributed by atoms with E-state index in [0.29, 0.717) is 6.54 Å². The van der Waals surface area contributed by atoms with Gasteiger partial charge in [-0.2, -0.15) is 0 Å². The Labute approximate surface area is 100 Å². The Morgan fingerprint density at radius 3 is 2.82 bits per heavy atom. The van der Waals surface area contributed by atoms with E-state index in [-0.39, 0.29) is 18.3 Å². The largest absolute Gasteiger partial charge is 0.468 e. The number of nitrogens with zero attached hydrogens (tertiary/aromatic N) is 1. The zero-order chi connectivity index (χ0) is 12.8. The van der Waals surface area contributed by atoms with Gasteiger partial charge in [0, 0.05) is 13.1 Å². The highest BCUT2D eigenvalue weighted by Gasteiger charge is 2.22. The average Bonchev–Trinajstić information content (AvgIpc) is 2.29. The number of nitrogens with two attached hydrogens (primary N) is 1. The zero-order valence-corrected chi connectivity index (χ0v) is 10.0. The molecule has 1 aromatic carbocycles. The van der Waals surface area contributed by atoms with Gasteiger partial charge in [0.25, 0.3) is 0 Å². The Morgan fingerprint density at radius 1 is 1.59 bits per heavy atom. The molecule has 0 aliphatic heterocycles. The number of carbonyl (C=O) groups is 1. The van der Waals surface area contributed by atoms with Gasteiger partial charge in [-0.25, -0.2) is 4.39 Å². The van der Waals surface area contributed by atoms with Gasteiger partial charge in [-0.15, -0.1) is 0 Å². The van der Waals surface area contributed by atoms with Gasteiger partial charge in [0.15, 0.2) is 0 Å². The number of hydrogen-bond donors (Lipinski definition) is 1. The number of benzene rings is 1. The Morgan fingerprint density at radius 2 is 2.29 bits per heavy atom. The van der Waals surface area contributed by atoms with Crippen molar-refractivity contribution in [3.63, 3.8) is 0 Å². The minimum Gasteiger partial charge on any atom is -0.468 e. The number of carbonyl (C=O) groups excluding carboxylic acids is 1. The lowest BCUT2D eigenvalue weighted by atomic mass is 10.2. The highest BCUT2D eigenvalue weighted by Crippen LogP contribution is 2.08. The van der Waals surface area contributed by atoms with Gasteiger partial charge in [0.05, 0.1) is 7.11 Å². The number of methoxy groups -OCH3 is 1. The second-order valence-electron chi connectivity index (χ2n) is 3.82. The van der Waals surface area contributed by atoms with E-state index < -0.39 is 6.04 Å². The maximum absolute atomic E-state index is 13.0. The van der Waals surface area contributed by atoms with Gasteiger partial charge in [-0.3, -0.25) is 9.69 Å². The van der Waals surface area contributed by atoms with Crippen molar-refractivity contribution < 1.29 is 13.9 Å². The van der Waals surface area contributed by atoms with Crippen molar-refractivity contribution in [1.29, 1.82) is 0 Å².